The van der Waals surface area contributed by atoms with Gasteiger partial charge in [-0.1, -0.05) is 0 Å². The van der Waals surface area contributed by atoms with Crippen LogP contribution in [0.15, 0.2) is 10.5 Å². The first-order valence-electron chi connectivity index (χ1n) is 4.74. The van der Waals surface area contributed by atoms with E-state index in [1.807, 2.05) is 13.1 Å². The van der Waals surface area contributed by atoms with E-state index < -0.39 is 0 Å². The van der Waals surface area contributed by atoms with Gasteiger partial charge in [-0.25, -0.2) is 0 Å². The van der Waals surface area contributed by atoms with Gasteiger partial charge in [-0.05, 0) is 49.0 Å². The number of halogens is 1. The van der Waals surface area contributed by atoms with Gasteiger partial charge in [0.05, 0.1) is 0 Å². The fourth-order valence-electron chi connectivity index (χ4n) is 2.07. The summed E-state index contributed by atoms with van der Waals surface area (Å²) >= 11 is 5.83. The summed E-state index contributed by atoms with van der Waals surface area (Å²) in [7, 11) is 1.98. The second-order valence-electron chi connectivity index (χ2n) is 3.58. The molecule has 2 rings (SSSR count). The van der Waals surface area contributed by atoms with E-state index in [1.54, 1.807) is 0 Å². The molecule has 0 fully saturated rings. The molecular formula is C10H14ClNO. The molecule has 13 heavy (non-hydrogen) atoms. The van der Waals surface area contributed by atoms with Crippen molar-refractivity contribution in [3.05, 3.63) is 22.6 Å². The maximum absolute atomic E-state index is 5.83. The van der Waals surface area contributed by atoms with Gasteiger partial charge in [0, 0.05) is 13.0 Å². The first-order chi connectivity index (χ1) is 6.31. The average Bonchev–Trinajstić information content (AvgIpc) is 2.47. The van der Waals surface area contributed by atoms with Gasteiger partial charge in [-0.3, -0.25) is 0 Å². The van der Waals surface area contributed by atoms with Crippen LogP contribution in [0.5, 0.6) is 0 Å². The van der Waals surface area contributed by atoms with E-state index in [4.69, 9.17) is 16.0 Å². The van der Waals surface area contributed by atoms with Crippen LogP contribution in [-0.4, -0.2) is 13.6 Å². The maximum atomic E-state index is 5.83. The van der Waals surface area contributed by atoms with Crippen LogP contribution in [0.1, 0.15) is 30.1 Å². The standard InChI is InChI=1S/C10H14ClNO/c1-12-6-7-3-2-4-9-8(7)5-10(11)13-9/h5,7,12H,2-4,6H2,1H3. The lowest BCUT2D eigenvalue weighted by atomic mass is 9.87. The molecule has 0 saturated carbocycles. The molecule has 1 N–H and O–H groups in total. The van der Waals surface area contributed by atoms with Crippen LogP contribution in [0.4, 0.5) is 0 Å². The highest BCUT2D eigenvalue weighted by Gasteiger charge is 2.23. The van der Waals surface area contributed by atoms with Crippen molar-refractivity contribution in [2.75, 3.05) is 13.6 Å². The van der Waals surface area contributed by atoms with E-state index >= 15 is 0 Å². The van der Waals surface area contributed by atoms with Crippen molar-refractivity contribution in [1.82, 2.24) is 5.32 Å². The van der Waals surface area contributed by atoms with Crippen LogP contribution >= 0.6 is 11.6 Å². The number of aryl methyl sites for hydroxylation is 1. The lowest BCUT2D eigenvalue weighted by molar-refractivity contribution is 0.444. The molecule has 0 amide bonds. The molecule has 0 radical (unpaired) electrons. The van der Waals surface area contributed by atoms with Crippen molar-refractivity contribution >= 4 is 11.6 Å². The molecule has 0 aliphatic heterocycles. The summed E-state index contributed by atoms with van der Waals surface area (Å²) in [5.41, 5.74) is 1.31. The Balaban J connectivity index is 2.25. The van der Waals surface area contributed by atoms with Gasteiger partial charge in [0.2, 0.25) is 0 Å². The number of likely N-dealkylation sites (N-methyl/N-ethyl adjacent to an activating group) is 1. The van der Waals surface area contributed by atoms with E-state index in [0.717, 1.165) is 18.7 Å². The first kappa shape index (κ1) is 9.10. The zero-order valence-electron chi connectivity index (χ0n) is 7.77. The second-order valence-corrected chi connectivity index (χ2v) is 3.95. The molecule has 2 nitrogen and oxygen atoms in total. The Kier molecular flexibility index (Phi) is 2.61. The van der Waals surface area contributed by atoms with Gasteiger partial charge in [0.25, 0.3) is 0 Å². The van der Waals surface area contributed by atoms with Crippen molar-refractivity contribution < 1.29 is 4.42 Å². The largest absolute Gasteiger partial charge is 0.449 e. The zero-order valence-corrected chi connectivity index (χ0v) is 8.53. The number of hydrogen-bond donors (Lipinski definition) is 1. The van der Waals surface area contributed by atoms with Crippen LogP contribution in [-0.2, 0) is 6.42 Å². The van der Waals surface area contributed by atoms with Gasteiger partial charge in [-0.2, -0.15) is 0 Å². The number of furan rings is 1. The van der Waals surface area contributed by atoms with Crippen LogP contribution < -0.4 is 5.32 Å². The second kappa shape index (κ2) is 3.72. The summed E-state index contributed by atoms with van der Waals surface area (Å²) in [6.45, 7) is 1.02. The first-order valence-corrected chi connectivity index (χ1v) is 5.11. The number of rotatable bonds is 2. The van der Waals surface area contributed by atoms with Crippen LogP contribution in [0.25, 0.3) is 0 Å². The monoisotopic (exact) mass is 199 g/mol. The summed E-state index contributed by atoms with van der Waals surface area (Å²) in [4.78, 5) is 0. The van der Waals surface area contributed by atoms with Crippen molar-refractivity contribution in [2.45, 2.75) is 25.2 Å². The van der Waals surface area contributed by atoms with Gasteiger partial charge in [-0.15, -0.1) is 0 Å². The SMILES string of the molecule is CNCC1CCCc2oc(Cl)cc21. The minimum absolute atomic E-state index is 0.535. The molecule has 0 spiro atoms. The predicted octanol–water partition coefficient (Wildman–Crippen LogP) is 2.57. The van der Waals surface area contributed by atoms with Gasteiger partial charge in [0.15, 0.2) is 5.22 Å². The molecule has 1 aliphatic rings. The normalized spacial score (nSPS) is 21.5. The Bertz CT molecular complexity index is 295. The van der Waals surface area contributed by atoms with E-state index in [1.165, 1.54) is 18.4 Å². The Morgan fingerprint density at radius 2 is 2.54 bits per heavy atom. The molecule has 0 bridgehead atoms. The molecule has 1 atom stereocenters. The van der Waals surface area contributed by atoms with Crippen molar-refractivity contribution in [1.29, 1.82) is 0 Å². The topological polar surface area (TPSA) is 25.2 Å². The Labute approximate surface area is 83.3 Å². The van der Waals surface area contributed by atoms with Gasteiger partial charge in [0.1, 0.15) is 5.76 Å². The van der Waals surface area contributed by atoms with Gasteiger partial charge < -0.3 is 9.73 Å². The Hall–Kier alpha value is -0.470. The summed E-state index contributed by atoms with van der Waals surface area (Å²) in [5.74, 6) is 1.68. The minimum Gasteiger partial charge on any atom is -0.449 e. The molecule has 1 aromatic rings. The van der Waals surface area contributed by atoms with Crippen molar-refractivity contribution in [3.8, 4) is 0 Å². The van der Waals surface area contributed by atoms with Crippen LogP contribution in [0, 0.1) is 0 Å². The molecular weight excluding hydrogens is 186 g/mol. The minimum atomic E-state index is 0.535. The molecule has 0 saturated heterocycles. The highest BCUT2D eigenvalue weighted by Crippen LogP contribution is 2.34. The van der Waals surface area contributed by atoms with Crippen LogP contribution in [0.2, 0.25) is 5.22 Å². The third-order valence-corrected chi connectivity index (χ3v) is 2.84. The quantitative estimate of drug-likeness (QED) is 0.792. The third kappa shape index (κ3) is 1.74. The van der Waals surface area contributed by atoms with E-state index in [2.05, 4.69) is 5.32 Å². The van der Waals surface area contributed by atoms with E-state index in [-0.39, 0.29) is 0 Å². The number of nitrogens with one attached hydrogen (secondary N) is 1. The fourth-order valence-corrected chi connectivity index (χ4v) is 2.28. The van der Waals surface area contributed by atoms with Crippen molar-refractivity contribution in [2.24, 2.45) is 0 Å². The smallest absolute Gasteiger partial charge is 0.193 e. The fraction of sp³-hybridized carbons (Fsp3) is 0.600. The summed E-state index contributed by atoms with van der Waals surface area (Å²) in [6.07, 6.45) is 3.50. The lowest BCUT2D eigenvalue weighted by Gasteiger charge is -2.20. The summed E-state index contributed by atoms with van der Waals surface area (Å²) in [5, 5.41) is 3.74. The Morgan fingerprint density at radius 3 is 3.31 bits per heavy atom. The lowest BCUT2D eigenvalue weighted by Crippen LogP contribution is -2.20. The molecule has 0 aromatic carbocycles. The highest BCUT2D eigenvalue weighted by atomic mass is 35.5. The Morgan fingerprint density at radius 1 is 1.69 bits per heavy atom. The van der Waals surface area contributed by atoms with E-state index in [0.29, 0.717) is 11.1 Å². The molecule has 1 aromatic heterocycles. The number of fused-ring (bicyclic) bond motifs is 1. The number of hydrogen-bond acceptors (Lipinski definition) is 2. The molecule has 1 unspecified atom stereocenters. The predicted molar refractivity (Wildman–Crippen MR) is 53.3 cm³/mol. The van der Waals surface area contributed by atoms with Crippen LogP contribution in [0.3, 0.4) is 0 Å². The maximum Gasteiger partial charge on any atom is 0.193 e. The molecule has 1 aliphatic carbocycles. The summed E-state index contributed by atoms with van der Waals surface area (Å²) in [6, 6.07) is 1.97. The summed E-state index contributed by atoms with van der Waals surface area (Å²) < 4.78 is 5.42. The van der Waals surface area contributed by atoms with E-state index in [9.17, 15) is 0 Å². The third-order valence-electron chi connectivity index (χ3n) is 2.66. The molecule has 3 heteroatoms. The average molecular weight is 200 g/mol. The zero-order chi connectivity index (χ0) is 9.26. The van der Waals surface area contributed by atoms with Crippen molar-refractivity contribution in [3.63, 3.8) is 0 Å². The van der Waals surface area contributed by atoms with Gasteiger partial charge >= 0.3 is 0 Å². The highest BCUT2D eigenvalue weighted by molar-refractivity contribution is 6.28. The molecule has 72 valence electrons. The molecule has 1 heterocycles.